The number of nitrogens with zero attached hydrogens (tertiary/aromatic N) is 3. The second-order valence-corrected chi connectivity index (χ2v) is 9.74. The van der Waals surface area contributed by atoms with E-state index in [4.69, 9.17) is 9.15 Å². The van der Waals surface area contributed by atoms with E-state index in [-0.39, 0.29) is 12.3 Å². The van der Waals surface area contributed by atoms with Gasteiger partial charge in [-0.25, -0.2) is 4.79 Å². The Balaban J connectivity index is 1.32. The summed E-state index contributed by atoms with van der Waals surface area (Å²) in [4.78, 5) is 39.7. The van der Waals surface area contributed by atoms with Gasteiger partial charge in [0.05, 0.1) is 24.1 Å². The Morgan fingerprint density at radius 3 is 2.80 bits per heavy atom. The van der Waals surface area contributed by atoms with E-state index in [1.165, 1.54) is 16.7 Å². The van der Waals surface area contributed by atoms with Crippen molar-refractivity contribution < 1.29 is 23.5 Å². The van der Waals surface area contributed by atoms with E-state index >= 15 is 0 Å². The van der Waals surface area contributed by atoms with Gasteiger partial charge in [-0.05, 0) is 43.7 Å². The van der Waals surface area contributed by atoms with Crippen LogP contribution in [0.2, 0.25) is 0 Å². The number of rotatable bonds is 6. The molecule has 0 spiro atoms. The molecule has 35 heavy (non-hydrogen) atoms. The fourth-order valence-corrected chi connectivity index (χ4v) is 5.98. The van der Waals surface area contributed by atoms with Crippen molar-refractivity contribution in [3.63, 3.8) is 0 Å². The number of para-hydroxylation sites is 1. The number of ether oxygens (including phenoxy) is 1. The Kier molecular flexibility index (Phi) is 5.65. The predicted molar refractivity (Wildman–Crippen MR) is 128 cm³/mol. The summed E-state index contributed by atoms with van der Waals surface area (Å²) >= 11 is 1.28. The van der Waals surface area contributed by atoms with Crippen molar-refractivity contribution >= 4 is 41.1 Å². The average Bonchev–Trinajstić information content (AvgIpc) is 3.60. The third-order valence-corrected chi connectivity index (χ3v) is 7.88. The van der Waals surface area contributed by atoms with E-state index in [0.29, 0.717) is 35.8 Å². The first-order valence-electron chi connectivity index (χ1n) is 11.1. The van der Waals surface area contributed by atoms with Crippen LogP contribution in [0.15, 0.2) is 52.0 Å². The molecule has 1 atom stereocenters. The molecule has 1 fully saturated rings. The quantitative estimate of drug-likeness (QED) is 0.523. The molecule has 2 aliphatic rings. The molecule has 1 unspecified atom stereocenters. The van der Waals surface area contributed by atoms with Crippen LogP contribution in [0.5, 0.6) is 0 Å². The summed E-state index contributed by atoms with van der Waals surface area (Å²) in [5, 5.41) is 12.4. The van der Waals surface area contributed by atoms with E-state index < -0.39 is 23.4 Å². The second kappa shape index (κ2) is 8.67. The number of amides is 2. The van der Waals surface area contributed by atoms with Crippen LogP contribution >= 0.6 is 11.8 Å². The minimum Gasteiger partial charge on any atom is -0.467 e. The number of thioether (sulfide) groups is 1. The number of esters is 1. The van der Waals surface area contributed by atoms with Crippen molar-refractivity contribution in [2.24, 2.45) is 0 Å². The molecular formula is C25H22N4O5S. The summed E-state index contributed by atoms with van der Waals surface area (Å²) in [5.41, 5.74) is 2.57. The molecule has 0 bridgehead atoms. The molecule has 2 amide bonds. The number of anilines is 2. The Morgan fingerprint density at radius 2 is 2.06 bits per heavy atom. The van der Waals surface area contributed by atoms with Crippen molar-refractivity contribution in [2.75, 3.05) is 16.8 Å². The average molecular weight is 491 g/mol. The number of carbonyl (C=O) groups excluding carboxylic acids is 3. The molecule has 2 aliphatic heterocycles. The van der Waals surface area contributed by atoms with Crippen molar-refractivity contribution in [3.05, 3.63) is 65.2 Å². The van der Waals surface area contributed by atoms with Gasteiger partial charge in [-0.3, -0.25) is 14.5 Å². The van der Waals surface area contributed by atoms with E-state index in [2.05, 4.69) is 11.4 Å². The van der Waals surface area contributed by atoms with Crippen LogP contribution in [0.4, 0.5) is 11.5 Å². The van der Waals surface area contributed by atoms with Gasteiger partial charge in [0.25, 0.3) is 5.91 Å². The SMILES string of the molecule is Cc1c(C#N)c(NC(=O)COC(=O)C23CCC(=O)N2c2ccccc2S3)n(Cc2ccco2)c1C. The Bertz CT molecular complexity index is 1390. The van der Waals surface area contributed by atoms with Gasteiger partial charge in [-0.15, -0.1) is 0 Å². The van der Waals surface area contributed by atoms with Crippen LogP contribution in [0.25, 0.3) is 0 Å². The number of fused-ring (bicyclic) bond motifs is 3. The zero-order valence-electron chi connectivity index (χ0n) is 19.2. The molecule has 0 radical (unpaired) electrons. The molecule has 1 N–H and O–H groups in total. The summed E-state index contributed by atoms with van der Waals surface area (Å²) < 4.78 is 12.6. The molecule has 178 valence electrons. The molecule has 1 saturated heterocycles. The van der Waals surface area contributed by atoms with Gasteiger partial charge in [0.2, 0.25) is 5.91 Å². The monoisotopic (exact) mass is 490 g/mol. The molecule has 9 nitrogen and oxygen atoms in total. The smallest absolute Gasteiger partial charge is 0.344 e. The van der Waals surface area contributed by atoms with Gasteiger partial charge in [-0.2, -0.15) is 5.26 Å². The maximum atomic E-state index is 13.2. The topological polar surface area (TPSA) is 118 Å². The standard InChI is InChI=1S/C25H22N4O5S/c1-15-16(2)28(13-17-6-5-11-33-17)23(18(15)12-26)27-21(30)14-34-24(32)25-10-9-22(31)29(25)19-7-3-4-8-20(19)35-25/h3-8,11H,9-10,13-14H2,1-2H3,(H,27,30). The summed E-state index contributed by atoms with van der Waals surface area (Å²) in [6.07, 6.45) is 2.08. The van der Waals surface area contributed by atoms with Gasteiger partial charge in [-0.1, -0.05) is 23.9 Å². The summed E-state index contributed by atoms with van der Waals surface area (Å²) in [7, 11) is 0. The minimum atomic E-state index is -1.20. The first kappa shape index (κ1) is 22.8. The first-order valence-corrected chi connectivity index (χ1v) is 11.9. The highest BCUT2D eigenvalue weighted by Crippen LogP contribution is 2.56. The lowest BCUT2D eigenvalue weighted by Gasteiger charge is -2.28. The molecular weight excluding hydrogens is 468 g/mol. The lowest BCUT2D eigenvalue weighted by atomic mass is 10.2. The highest BCUT2D eigenvalue weighted by molar-refractivity contribution is 8.02. The Labute approximate surface area is 205 Å². The highest BCUT2D eigenvalue weighted by Gasteiger charge is 2.58. The predicted octanol–water partition coefficient (Wildman–Crippen LogP) is 3.73. The third-order valence-electron chi connectivity index (χ3n) is 6.42. The normalized spacial score (nSPS) is 18.2. The fourth-order valence-electron chi connectivity index (χ4n) is 4.57. The molecule has 0 saturated carbocycles. The summed E-state index contributed by atoms with van der Waals surface area (Å²) in [6, 6.07) is 13.0. The van der Waals surface area contributed by atoms with Crippen LogP contribution in [-0.2, 0) is 25.7 Å². The number of nitrogens with one attached hydrogen (secondary N) is 1. The highest BCUT2D eigenvalue weighted by atomic mass is 32.2. The van der Waals surface area contributed by atoms with Gasteiger partial charge in [0.15, 0.2) is 11.5 Å². The molecule has 3 aromatic rings. The lowest BCUT2D eigenvalue weighted by Crippen LogP contribution is -2.48. The van der Waals surface area contributed by atoms with Crippen molar-refractivity contribution in [1.29, 1.82) is 5.26 Å². The number of nitriles is 1. The van der Waals surface area contributed by atoms with Crippen LogP contribution in [0, 0.1) is 25.2 Å². The van der Waals surface area contributed by atoms with Gasteiger partial charge < -0.3 is 19.0 Å². The number of benzene rings is 1. The third kappa shape index (κ3) is 3.68. The summed E-state index contributed by atoms with van der Waals surface area (Å²) in [6.45, 7) is 3.44. The maximum absolute atomic E-state index is 13.2. The molecule has 2 aromatic heterocycles. The number of aromatic nitrogens is 1. The fraction of sp³-hybridized carbons (Fsp3) is 0.280. The second-order valence-electron chi connectivity index (χ2n) is 8.42. The Hall–Kier alpha value is -3.97. The van der Waals surface area contributed by atoms with E-state index in [9.17, 15) is 19.6 Å². The van der Waals surface area contributed by atoms with Crippen molar-refractivity contribution in [1.82, 2.24) is 4.57 Å². The first-order chi connectivity index (χ1) is 16.9. The van der Waals surface area contributed by atoms with Crippen molar-refractivity contribution in [2.45, 2.75) is 43.0 Å². The number of hydrogen-bond acceptors (Lipinski definition) is 7. The van der Waals surface area contributed by atoms with E-state index in [0.717, 1.165) is 16.2 Å². The van der Waals surface area contributed by atoms with Crippen molar-refractivity contribution in [3.8, 4) is 6.07 Å². The number of hydrogen-bond donors (Lipinski definition) is 1. The van der Waals surface area contributed by atoms with Crippen LogP contribution in [0.1, 0.15) is 35.4 Å². The zero-order chi connectivity index (χ0) is 24.7. The zero-order valence-corrected chi connectivity index (χ0v) is 20.0. The van der Waals surface area contributed by atoms with Crippen LogP contribution < -0.4 is 10.2 Å². The minimum absolute atomic E-state index is 0.149. The van der Waals surface area contributed by atoms with Gasteiger partial charge in [0, 0.05) is 23.4 Å². The van der Waals surface area contributed by atoms with E-state index in [1.54, 1.807) is 29.0 Å². The molecule has 5 rings (SSSR count). The van der Waals surface area contributed by atoms with Crippen LogP contribution in [0.3, 0.4) is 0 Å². The number of carbonyl (C=O) groups is 3. The molecule has 1 aromatic carbocycles. The summed E-state index contributed by atoms with van der Waals surface area (Å²) in [5.74, 6) is -0.389. The Morgan fingerprint density at radius 1 is 1.26 bits per heavy atom. The molecule has 4 heterocycles. The van der Waals surface area contributed by atoms with Gasteiger partial charge >= 0.3 is 5.97 Å². The maximum Gasteiger partial charge on any atom is 0.344 e. The van der Waals surface area contributed by atoms with Gasteiger partial charge in [0.1, 0.15) is 17.6 Å². The number of furan rings is 1. The molecule has 10 heteroatoms. The largest absolute Gasteiger partial charge is 0.467 e. The lowest BCUT2D eigenvalue weighted by molar-refractivity contribution is -0.149. The van der Waals surface area contributed by atoms with Crippen LogP contribution in [-0.4, -0.2) is 33.8 Å². The van der Waals surface area contributed by atoms with E-state index in [1.807, 2.05) is 32.0 Å². The molecule has 0 aliphatic carbocycles.